The van der Waals surface area contributed by atoms with Crippen molar-refractivity contribution in [1.29, 1.82) is 0 Å². The van der Waals surface area contributed by atoms with Crippen LogP contribution in [-0.4, -0.2) is 57.7 Å². The van der Waals surface area contributed by atoms with Crippen LogP contribution < -0.4 is 10.2 Å². The summed E-state index contributed by atoms with van der Waals surface area (Å²) in [5.41, 5.74) is 2.77. The van der Waals surface area contributed by atoms with Crippen LogP contribution in [0.15, 0.2) is 36.7 Å². The van der Waals surface area contributed by atoms with Gasteiger partial charge in [0.1, 0.15) is 12.1 Å². The first-order chi connectivity index (χ1) is 14.5. The van der Waals surface area contributed by atoms with Crippen molar-refractivity contribution in [3.8, 4) is 0 Å². The number of aromatic nitrogens is 2. The van der Waals surface area contributed by atoms with Gasteiger partial charge in [-0.2, -0.15) is 0 Å². The van der Waals surface area contributed by atoms with E-state index in [0.717, 1.165) is 50.5 Å². The Balaban J connectivity index is 1.20. The number of nitrogens with one attached hydrogen (secondary N) is 1. The van der Waals surface area contributed by atoms with Crippen molar-refractivity contribution < 1.29 is 9.90 Å². The molecule has 1 aromatic carbocycles. The lowest BCUT2D eigenvalue weighted by Crippen LogP contribution is -2.54. The Labute approximate surface area is 178 Å². The topological polar surface area (TPSA) is 81.6 Å². The zero-order valence-electron chi connectivity index (χ0n) is 17.7. The fourth-order valence-corrected chi connectivity index (χ4v) is 4.44. The standard InChI is InChI=1S/C23H31N5O2/c1-18-12-21(26-17-25-18)28-11-5-9-23(30,16-28)15-24-22(29)8-4-10-27-13-19-6-2-3-7-20(19)14-27/h2-3,6-7,12,17,30H,4-5,8-11,13-16H2,1H3,(H,24,29)/t23-/m1/s1. The molecule has 1 fully saturated rings. The van der Waals surface area contributed by atoms with Gasteiger partial charge in [-0.25, -0.2) is 9.97 Å². The van der Waals surface area contributed by atoms with Gasteiger partial charge in [-0.1, -0.05) is 24.3 Å². The summed E-state index contributed by atoms with van der Waals surface area (Å²) in [7, 11) is 0. The predicted molar refractivity (Wildman–Crippen MR) is 116 cm³/mol. The molecule has 0 spiro atoms. The number of carbonyl (C=O) groups is 1. The molecule has 2 aliphatic rings. The van der Waals surface area contributed by atoms with Gasteiger partial charge in [0.25, 0.3) is 0 Å². The van der Waals surface area contributed by atoms with Gasteiger partial charge in [0.05, 0.1) is 5.60 Å². The molecule has 2 aliphatic heterocycles. The van der Waals surface area contributed by atoms with Crippen LogP contribution in [0.1, 0.15) is 42.5 Å². The molecule has 7 heteroatoms. The van der Waals surface area contributed by atoms with Gasteiger partial charge in [-0.15, -0.1) is 0 Å². The highest BCUT2D eigenvalue weighted by atomic mass is 16.3. The molecule has 1 atom stereocenters. The zero-order valence-corrected chi connectivity index (χ0v) is 17.7. The average Bonchev–Trinajstić information content (AvgIpc) is 3.15. The quantitative estimate of drug-likeness (QED) is 0.728. The number of amides is 1. The minimum Gasteiger partial charge on any atom is -0.386 e. The second-order valence-electron chi connectivity index (χ2n) is 8.63. The molecule has 30 heavy (non-hydrogen) atoms. The van der Waals surface area contributed by atoms with Crippen molar-refractivity contribution in [1.82, 2.24) is 20.2 Å². The Kier molecular flexibility index (Phi) is 6.29. The molecule has 0 saturated carbocycles. The van der Waals surface area contributed by atoms with Gasteiger partial charge in [-0.3, -0.25) is 9.69 Å². The van der Waals surface area contributed by atoms with E-state index in [1.807, 2.05) is 13.0 Å². The minimum absolute atomic E-state index is 0.00939. The summed E-state index contributed by atoms with van der Waals surface area (Å²) in [6.07, 6.45) is 4.41. The largest absolute Gasteiger partial charge is 0.386 e. The van der Waals surface area contributed by atoms with Crippen molar-refractivity contribution in [2.45, 2.75) is 51.3 Å². The highest BCUT2D eigenvalue weighted by molar-refractivity contribution is 5.75. The molecule has 0 unspecified atom stereocenters. The molecule has 0 radical (unpaired) electrons. The van der Waals surface area contributed by atoms with Crippen LogP contribution in [0.4, 0.5) is 5.82 Å². The number of hydrogen-bond donors (Lipinski definition) is 2. The molecule has 7 nitrogen and oxygen atoms in total. The average molecular weight is 410 g/mol. The van der Waals surface area contributed by atoms with Gasteiger partial charge in [-0.05, 0) is 43.9 Å². The van der Waals surface area contributed by atoms with Crippen LogP contribution >= 0.6 is 0 Å². The summed E-state index contributed by atoms with van der Waals surface area (Å²) >= 11 is 0. The Hall–Kier alpha value is -2.51. The third kappa shape index (κ3) is 5.15. The lowest BCUT2D eigenvalue weighted by molar-refractivity contribution is -0.122. The highest BCUT2D eigenvalue weighted by Gasteiger charge is 2.34. The number of β-amino-alcohol motifs (C(OH)–C–C–N with tert-alkyl or cyclic N) is 1. The van der Waals surface area contributed by atoms with Gasteiger partial charge in [0.15, 0.2) is 0 Å². The number of benzene rings is 1. The number of fused-ring (bicyclic) bond motifs is 1. The smallest absolute Gasteiger partial charge is 0.220 e. The SMILES string of the molecule is Cc1cc(N2CCC[C@@](O)(CNC(=O)CCCN3Cc4ccccc4C3)C2)ncn1. The van der Waals surface area contributed by atoms with E-state index in [9.17, 15) is 9.90 Å². The second-order valence-corrected chi connectivity index (χ2v) is 8.63. The van der Waals surface area contributed by atoms with Crippen LogP contribution in [0.25, 0.3) is 0 Å². The molecule has 4 rings (SSSR count). The third-order valence-electron chi connectivity index (χ3n) is 6.07. The summed E-state index contributed by atoms with van der Waals surface area (Å²) in [6.45, 7) is 6.38. The number of hydrogen-bond acceptors (Lipinski definition) is 6. The first-order valence-corrected chi connectivity index (χ1v) is 10.8. The number of aliphatic hydroxyl groups is 1. The van der Waals surface area contributed by atoms with Gasteiger partial charge in [0.2, 0.25) is 5.91 Å². The van der Waals surface area contributed by atoms with Crippen molar-refractivity contribution in [3.63, 3.8) is 0 Å². The van der Waals surface area contributed by atoms with Crippen LogP contribution in [0.2, 0.25) is 0 Å². The molecule has 160 valence electrons. The van der Waals surface area contributed by atoms with Crippen molar-refractivity contribution in [2.75, 3.05) is 31.1 Å². The summed E-state index contributed by atoms with van der Waals surface area (Å²) < 4.78 is 0. The predicted octanol–water partition coefficient (Wildman–Crippen LogP) is 2.03. The Morgan fingerprint density at radius 1 is 1.23 bits per heavy atom. The van der Waals surface area contributed by atoms with E-state index in [-0.39, 0.29) is 12.5 Å². The number of carbonyl (C=O) groups excluding carboxylic acids is 1. The van der Waals surface area contributed by atoms with Gasteiger partial charge >= 0.3 is 0 Å². The van der Waals surface area contributed by atoms with Crippen LogP contribution in [0, 0.1) is 6.92 Å². The van der Waals surface area contributed by atoms with E-state index < -0.39 is 5.60 Å². The van der Waals surface area contributed by atoms with E-state index >= 15 is 0 Å². The normalized spacial score (nSPS) is 21.5. The Bertz CT molecular complexity index is 864. The van der Waals surface area contributed by atoms with Crippen molar-refractivity contribution in [3.05, 3.63) is 53.5 Å². The maximum Gasteiger partial charge on any atom is 0.220 e. The number of aryl methyl sites for hydroxylation is 1. The zero-order chi connectivity index (χ0) is 21.0. The summed E-state index contributed by atoms with van der Waals surface area (Å²) in [6, 6.07) is 10.5. The van der Waals surface area contributed by atoms with E-state index in [0.29, 0.717) is 19.4 Å². The Morgan fingerprint density at radius 3 is 2.73 bits per heavy atom. The van der Waals surface area contributed by atoms with Crippen LogP contribution in [-0.2, 0) is 17.9 Å². The second kappa shape index (κ2) is 9.10. The monoisotopic (exact) mass is 409 g/mol. The minimum atomic E-state index is -0.927. The van der Waals surface area contributed by atoms with Crippen molar-refractivity contribution >= 4 is 11.7 Å². The highest BCUT2D eigenvalue weighted by Crippen LogP contribution is 2.25. The molecule has 1 aromatic heterocycles. The summed E-state index contributed by atoms with van der Waals surface area (Å²) in [5.74, 6) is 0.841. The van der Waals surface area contributed by atoms with E-state index in [4.69, 9.17) is 0 Å². The van der Waals surface area contributed by atoms with E-state index in [2.05, 4.69) is 49.4 Å². The van der Waals surface area contributed by atoms with E-state index in [1.54, 1.807) is 6.33 Å². The molecule has 0 bridgehead atoms. The van der Waals surface area contributed by atoms with Crippen LogP contribution in [0.5, 0.6) is 0 Å². The van der Waals surface area contributed by atoms with Crippen molar-refractivity contribution in [2.24, 2.45) is 0 Å². The number of anilines is 1. The molecule has 2 aromatic rings. The molecule has 0 aliphatic carbocycles. The lowest BCUT2D eigenvalue weighted by Gasteiger charge is -2.39. The molecule has 2 N–H and O–H groups in total. The molecular weight excluding hydrogens is 378 g/mol. The molecule has 1 amide bonds. The maximum absolute atomic E-state index is 12.3. The fourth-order valence-electron chi connectivity index (χ4n) is 4.44. The first kappa shape index (κ1) is 20.8. The number of rotatable bonds is 7. The lowest BCUT2D eigenvalue weighted by atomic mass is 9.92. The van der Waals surface area contributed by atoms with Crippen LogP contribution in [0.3, 0.4) is 0 Å². The van der Waals surface area contributed by atoms with E-state index in [1.165, 1.54) is 11.1 Å². The third-order valence-corrected chi connectivity index (χ3v) is 6.07. The number of nitrogens with zero attached hydrogens (tertiary/aromatic N) is 4. The van der Waals surface area contributed by atoms with Gasteiger partial charge in [0, 0.05) is 50.9 Å². The molecule has 1 saturated heterocycles. The first-order valence-electron chi connectivity index (χ1n) is 10.8. The maximum atomic E-state index is 12.3. The molecular formula is C23H31N5O2. The summed E-state index contributed by atoms with van der Waals surface area (Å²) in [4.78, 5) is 25.3. The number of piperidine rings is 1. The molecule has 3 heterocycles. The Morgan fingerprint density at radius 2 is 2.00 bits per heavy atom. The fraction of sp³-hybridized carbons (Fsp3) is 0.522. The summed E-state index contributed by atoms with van der Waals surface area (Å²) in [5, 5.41) is 14.0. The van der Waals surface area contributed by atoms with Gasteiger partial charge < -0.3 is 15.3 Å².